The number of ether oxygens (including phenoxy) is 1. The molecule has 1 aromatic heterocycles. The van der Waals surface area contributed by atoms with Crippen LogP contribution in [0.15, 0.2) is 18.2 Å². The van der Waals surface area contributed by atoms with Gasteiger partial charge in [-0.25, -0.2) is 4.39 Å². The SMILES string of the molecule is COc1ccc2cc(C3(C)CC3)[nH]c2c1F. The van der Waals surface area contributed by atoms with Crippen molar-refractivity contribution in [3.63, 3.8) is 0 Å². The molecule has 0 amide bonds. The normalized spacial score (nSPS) is 17.7. The standard InChI is InChI=1S/C13H14FNO/c1-13(5-6-13)10-7-8-3-4-9(16-2)11(14)12(8)15-10/h3-4,7,15H,5-6H2,1-2H3. The lowest BCUT2D eigenvalue weighted by atomic mass is 10.1. The predicted molar refractivity (Wildman–Crippen MR) is 61.4 cm³/mol. The summed E-state index contributed by atoms with van der Waals surface area (Å²) in [5.74, 6) is -0.00245. The first-order valence-electron chi connectivity index (χ1n) is 5.50. The number of benzene rings is 1. The number of hydrogen-bond donors (Lipinski definition) is 1. The summed E-state index contributed by atoms with van der Waals surface area (Å²) in [7, 11) is 1.48. The molecule has 0 saturated heterocycles. The molecule has 2 nitrogen and oxygen atoms in total. The van der Waals surface area contributed by atoms with Gasteiger partial charge in [-0.3, -0.25) is 0 Å². The lowest BCUT2D eigenvalue weighted by Gasteiger charge is -2.03. The Hall–Kier alpha value is -1.51. The van der Waals surface area contributed by atoms with E-state index in [0.29, 0.717) is 11.3 Å². The van der Waals surface area contributed by atoms with Gasteiger partial charge in [0.05, 0.1) is 12.6 Å². The van der Waals surface area contributed by atoms with E-state index in [1.54, 1.807) is 6.07 Å². The molecular weight excluding hydrogens is 205 g/mol. The van der Waals surface area contributed by atoms with Crippen LogP contribution in [0.3, 0.4) is 0 Å². The molecule has 1 heterocycles. The number of aromatic amines is 1. The van der Waals surface area contributed by atoms with Crippen LogP contribution in [0.5, 0.6) is 5.75 Å². The van der Waals surface area contributed by atoms with E-state index in [-0.39, 0.29) is 11.2 Å². The third-order valence-corrected chi connectivity index (χ3v) is 3.57. The summed E-state index contributed by atoms with van der Waals surface area (Å²) in [6, 6.07) is 5.61. The molecule has 1 aromatic carbocycles. The molecule has 16 heavy (non-hydrogen) atoms. The molecule has 84 valence electrons. The van der Waals surface area contributed by atoms with E-state index in [0.717, 1.165) is 11.1 Å². The van der Waals surface area contributed by atoms with Gasteiger partial charge in [-0.05, 0) is 31.0 Å². The third kappa shape index (κ3) is 1.24. The van der Waals surface area contributed by atoms with Crippen molar-refractivity contribution in [3.8, 4) is 5.75 Å². The van der Waals surface area contributed by atoms with Gasteiger partial charge in [0.15, 0.2) is 11.6 Å². The van der Waals surface area contributed by atoms with Crippen molar-refractivity contribution < 1.29 is 9.13 Å². The van der Waals surface area contributed by atoms with Crippen LogP contribution >= 0.6 is 0 Å². The summed E-state index contributed by atoms with van der Waals surface area (Å²) < 4.78 is 18.9. The van der Waals surface area contributed by atoms with E-state index in [9.17, 15) is 4.39 Å². The summed E-state index contributed by atoms with van der Waals surface area (Å²) in [4.78, 5) is 3.19. The second kappa shape index (κ2) is 3.00. The minimum Gasteiger partial charge on any atom is -0.494 e. The van der Waals surface area contributed by atoms with Crippen LogP contribution in [0.2, 0.25) is 0 Å². The van der Waals surface area contributed by atoms with Crippen LogP contribution in [0.4, 0.5) is 4.39 Å². The highest BCUT2D eigenvalue weighted by molar-refractivity contribution is 5.83. The first-order valence-corrected chi connectivity index (χ1v) is 5.50. The monoisotopic (exact) mass is 219 g/mol. The molecule has 0 aliphatic heterocycles. The van der Waals surface area contributed by atoms with Crippen molar-refractivity contribution >= 4 is 10.9 Å². The molecule has 3 rings (SSSR count). The first-order chi connectivity index (χ1) is 7.64. The lowest BCUT2D eigenvalue weighted by molar-refractivity contribution is 0.388. The highest BCUT2D eigenvalue weighted by Gasteiger charge is 2.40. The van der Waals surface area contributed by atoms with Gasteiger partial charge < -0.3 is 9.72 Å². The maximum atomic E-state index is 13.9. The largest absolute Gasteiger partial charge is 0.494 e. The molecule has 2 aromatic rings. The van der Waals surface area contributed by atoms with Gasteiger partial charge in [-0.15, -0.1) is 0 Å². The minimum atomic E-state index is -0.296. The van der Waals surface area contributed by atoms with Gasteiger partial charge in [0.25, 0.3) is 0 Å². The van der Waals surface area contributed by atoms with Crippen LogP contribution in [0, 0.1) is 5.82 Å². The van der Waals surface area contributed by atoms with Crippen molar-refractivity contribution in [2.75, 3.05) is 7.11 Å². The van der Waals surface area contributed by atoms with Crippen molar-refractivity contribution in [2.24, 2.45) is 0 Å². The van der Waals surface area contributed by atoms with Gasteiger partial charge >= 0.3 is 0 Å². The van der Waals surface area contributed by atoms with E-state index in [1.807, 2.05) is 12.1 Å². The molecule has 0 spiro atoms. The molecule has 0 radical (unpaired) electrons. The number of methoxy groups -OCH3 is 1. The fourth-order valence-electron chi connectivity index (χ4n) is 2.09. The molecule has 0 bridgehead atoms. The van der Waals surface area contributed by atoms with Crippen molar-refractivity contribution in [2.45, 2.75) is 25.2 Å². The van der Waals surface area contributed by atoms with Gasteiger partial charge in [0.1, 0.15) is 0 Å². The fourth-order valence-corrected chi connectivity index (χ4v) is 2.09. The van der Waals surface area contributed by atoms with E-state index >= 15 is 0 Å². The first kappa shape index (κ1) is 9.70. The molecule has 0 atom stereocenters. The van der Waals surface area contributed by atoms with E-state index in [4.69, 9.17) is 4.74 Å². The zero-order chi connectivity index (χ0) is 11.3. The molecule has 1 aliphatic rings. The van der Waals surface area contributed by atoms with Gasteiger partial charge in [-0.1, -0.05) is 6.92 Å². The summed E-state index contributed by atoms with van der Waals surface area (Å²) in [5, 5.41) is 0.918. The topological polar surface area (TPSA) is 25.0 Å². The Labute approximate surface area is 93.4 Å². The van der Waals surface area contributed by atoms with Gasteiger partial charge in [-0.2, -0.15) is 0 Å². The quantitative estimate of drug-likeness (QED) is 0.823. The van der Waals surface area contributed by atoms with Crippen molar-refractivity contribution in [1.82, 2.24) is 4.98 Å². The number of rotatable bonds is 2. The Bertz CT molecular complexity index is 554. The smallest absolute Gasteiger partial charge is 0.189 e. The van der Waals surface area contributed by atoms with E-state index in [1.165, 1.54) is 20.0 Å². The summed E-state index contributed by atoms with van der Waals surface area (Å²) in [5.41, 5.74) is 1.93. The van der Waals surface area contributed by atoms with Crippen LogP contribution in [-0.2, 0) is 5.41 Å². The molecular formula is C13H14FNO. The molecule has 1 saturated carbocycles. The molecule has 1 fully saturated rings. The maximum absolute atomic E-state index is 13.9. The van der Waals surface area contributed by atoms with Crippen LogP contribution in [0.25, 0.3) is 10.9 Å². The predicted octanol–water partition coefficient (Wildman–Crippen LogP) is 3.37. The number of aromatic nitrogens is 1. The van der Waals surface area contributed by atoms with Crippen molar-refractivity contribution in [1.29, 1.82) is 0 Å². The van der Waals surface area contributed by atoms with Gasteiger partial charge in [0, 0.05) is 16.5 Å². The lowest BCUT2D eigenvalue weighted by Crippen LogP contribution is -1.99. The van der Waals surface area contributed by atoms with Crippen molar-refractivity contribution in [3.05, 3.63) is 29.7 Å². The van der Waals surface area contributed by atoms with E-state index < -0.39 is 0 Å². The highest BCUT2D eigenvalue weighted by atomic mass is 19.1. The molecule has 3 heteroatoms. The minimum absolute atomic E-state index is 0.235. The van der Waals surface area contributed by atoms with E-state index in [2.05, 4.69) is 11.9 Å². The molecule has 1 aliphatic carbocycles. The second-order valence-corrected chi connectivity index (χ2v) is 4.79. The number of nitrogens with one attached hydrogen (secondary N) is 1. The number of halogens is 1. The Kier molecular flexibility index (Phi) is 1.82. The zero-order valence-electron chi connectivity index (χ0n) is 9.43. The summed E-state index contributed by atoms with van der Waals surface area (Å²) in [6.45, 7) is 2.20. The maximum Gasteiger partial charge on any atom is 0.189 e. The number of fused-ring (bicyclic) bond motifs is 1. The van der Waals surface area contributed by atoms with Crippen LogP contribution in [-0.4, -0.2) is 12.1 Å². The Morgan fingerprint density at radius 1 is 1.38 bits per heavy atom. The van der Waals surface area contributed by atoms with Crippen LogP contribution in [0.1, 0.15) is 25.5 Å². The van der Waals surface area contributed by atoms with Crippen LogP contribution < -0.4 is 4.74 Å². The number of H-pyrrole nitrogens is 1. The Morgan fingerprint density at radius 2 is 2.12 bits per heavy atom. The Balaban J connectivity index is 2.21. The summed E-state index contributed by atoms with van der Waals surface area (Å²) in [6.07, 6.45) is 2.36. The van der Waals surface area contributed by atoms with Gasteiger partial charge in [0.2, 0.25) is 0 Å². The third-order valence-electron chi connectivity index (χ3n) is 3.57. The molecule has 1 N–H and O–H groups in total. The average Bonchev–Trinajstić information content (AvgIpc) is 2.87. The summed E-state index contributed by atoms with van der Waals surface area (Å²) >= 11 is 0. The number of hydrogen-bond acceptors (Lipinski definition) is 1. The second-order valence-electron chi connectivity index (χ2n) is 4.79. The Morgan fingerprint density at radius 3 is 2.75 bits per heavy atom. The zero-order valence-corrected chi connectivity index (χ0v) is 9.43. The highest BCUT2D eigenvalue weighted by Crippen LogP contribution is 2.48. The average molecular weight is 219 g/mol. The fraction of sp³-hybridized carbons (Fsp3) is 0.385. The molecule has 0 unspecified atom stereocenters.